The quantitative estimate of drug-likeness (QED) is 0.109. The van der Waals surface area contributed by atoms with Crippen molar-refractivity contribution < 1.29 is 39.7 Å². The van der Waals surface area contributed by atoms with Gasteiger partial charge in [-0.15, -0.1) is 0 Å². The molecule has 12 rings (SSSR count). The molecular weight excluding hydrogens is 1210 g/mol. The maximum atomic E-state index is 7.88. The lowest BCUT2D eigenvalue weighted by Gasteiger charge is -2.07. The van der Waals surface area contributed by atoms with Gasteiger partial charge in [-0.3, -0.25) is 0 Å². The molecule has 0 aliphatic heterocycles. The highest BCUT2D eigenvalue weighted by molar-refractivity contribution is 5.66. The van der Waals surface area contributed by atoms with E-state index in [1.54, 1.807) is 38.2 Å². The largest absolute Gasteiger partial charge is 0.212 e. The number of benzene rings is 6. The summed E-state index contributed by atoms with van der Waals surface area (Å²) in [5, 5.41) is 0. The standard InChI is InChI=1S/4C16H20N.2C15H18N/c2*1-5-14-7-9-16(17(4)11-14)15-8-6-12(2)10-13(15)3;2*1-5-14-11-17(4)16(10-13(14)3)15-9-7-6-8-12(15)2;2*1-4-13-8-9-14(12(2)11-13)15-7-5-6-10-16(15)3/h4*6-11H,5H2,1-4H3;2*5-11H,4H2,1-3H3/q6*+1/i2D3,5D2;;5D2;;4D2;. The fraction of sp³-hybridized carbons (Fsp3) is 0.298. The van der Waals surface area contributed by atoms with Crippen molar-refractivity contribution in [1.29, 1.82) is 0 Å². The molecule has 0 aliphatic carbocycles. The molecule has 6 nitrogen and oxygen atoms in total. The Labute approximate surface area is 616 Å². The smallest absolute Gasteiger partial charge is 0.201 e. The van der Waals surface area contributed by atoms with Gasteiger partial charge in [0, 0.05) is 117 Å². The fourth-order valence-electron chi connectivity index (χ4n) is 12.6. The third kappa shape index (κ3) is 20.7. The Morgan fingerprint density at radius 2 is 0.620 bits per heavy atom. The van der Waals surface area contributed by atoms with Crippen LogP contribution in [0.3, 0.4) is 0 Å². The second kappa shape index (κ2) is 37.4. The van der Waals surface area contributed by atoms with Crippen molar-refractivity contribution in [2.75, 3.05) is 0 Å². The molecule has 0 radical (unpaired) electrons. The Bertz CT molecular complexity index is 5050. The minimum absolute atomic E-state index is 0.331. The molecule has 0 saturated carbocycles. The number of aryl methyl sites for hydroxylation is 22. The summed E-state index contributed by atoms with van der Waals surface area (Å²) < 4.78 is 81.8. The Kier molecular flexibility index (Phi) is 24.3. The van der Waals surface area contributed by atoms with E-state index in [1.165, 1.54) is 96.3 Å². The Morgan fingerprint density at radius 3 is 1.04 bits per heavy atom. The van der Waals surface area contributed by atoms with Crippen LogP contribution in [0.15, 0.2) is 231 Å². The average molecular weight is 1340 g/mol. The molecule has 0 amide bonds. The van der Waals surface area contributed by atoms with Gasteiger partial charge in [-0.1, -0.05) is 138 Å². The molecule has 6 aromatic heterocycles. The number of rotatable bonds is 12. The summed E-state index contributed by atoms with van der Waals surface area (Å²) in [5.74, 6) is 0. The van der Waals surface area contributed by atoms with E-state index in [0.717, 1.165) is 75.3 Å². The second-order valence-corrected chi connectivity index (χ2v) is 26.2. The zero-order chi connectivity index (χ0) is 80.6. The summed E-state index contributed by atoms with van der Waals surface area (Å²) in [4.78, 5) is 0. The Morgan fingerprint density at radius 1 is 0.260 bits per heavy atom. The first kappa shape index (κ1) is 64.9. The number of hydrogen-bond donors (Lipinski definition) is 0. The Hall–Kier alpha value is -9.78. The van der Waals surface area contributed by atoms with Crippen molar-refractivity contribution in [2.45, 2.75) is 149 Å². The molecule has 6 aromatic carbocycles. The van der Waals surface area contributed by atoms with E-state index < -0.39 is 26.0 Å². The van der Waals surface area contributed by atoms with Crippen LogP contribution in [0.25, 0.3) is 67.5 Å². The monoisotopic (exact) mass is 1340 g/mol. The van der Waals surface area contributed by atoms with E-state index in [9.17, 15) is 0 Å². The summed E-state index contributed by atoms with van der Waals surface area (Å²) in [5.41, 5.74) is 31.8. The van der Waals surface area contributed by atoms with Crippen LogP contribution in [0.2, 0.25) is 0 Å². The molecule has 0 atom stereocenters. The molecule has 0 aliphatic rings. The van der Waals surface area contributed by atoms with Crippen LogP contribution in [0, 0.1) is 69.2 Å². The highest BCUT2D eigenvalue weighted by atomic mass is 14.9. The summed E-state index contributed by atoms with van der Waals surface area (Å²) in [6.45, 7) is 28.0. The maximum absolute atomic E-state index is 7.88. The predicted molar refractivity (Wildman–Crippen MR) is 422 cm³/mol. The highest BCUT2D eigenvalue weighted by Crippen LogP contribution is 2.27. The zero-order valence-electron chi connectivity index (χ0n) is 72.7. The predicted octanol–water partition coefficient (Wildman–Crippen LogP) is 19.5. The van der Waals surface area contributed by atoms with Gasteiger partial charge in [0.05, 0.1) is 0 Å². The topological polar surface area (TPSA) is 23.3 Å². The summed E-state index contributed by atoms with van der Waals surface area (Å²) in [6.07, 6.45) is 11.5. The van der Waals surface area contributed by atoms with Crippen LogP contribution >= 0.6 is 0 Å². The number of hydrogen-bond acceptors (Lipinski definition) is 0. The van der Waals surface area contributed by atoms with E-state index in [2.05, 4.69) is 242 Å². The van der Waals surface area contributed by atoms with Gasteiger partial charge < -0.3 is 0 Å². The van der Waals surface area contributed by atoms with Gasteiger partial charge in [-0.05, 0) is 224 Å². The first-order chi connectivity index (χ1) is 51.2. The van der Waals surface area contributed by atoms with E-state index in [-0.39, 0.29) is 0 Å². The van der Waals surface area contributed by atoms with Gasteiger partial charge in [0.1, 0.15) is 42.3 Å². The lowest BCUT2D eigenvalue weighted by molar-refractivity contribution is -0.661. The van der Waals surface area contributed by atoms with E-state index in [0.29, 0.717) is 11.1 Å². The van der Waals surface area contributed by atoms with Crippen molar-refractivity contribution >= 4 is 0 Å². The maximum Gasteiger partial charge on any atom is 0.212 e. The van der Waals surface area contributed by atoms with Crippen molar-refractivity contribution in [1.82, 2.24) is 0 Å². The van der Waals surface area contributed by atoms with Crippen LogP contribution in [-0.4, -0.2) is 0 Å². The summed E-state index contributed by atoms with van der Waals surface area (Å²) in [6, 6.07) is 65.9. The van der Waals surface area contributed by atoms with E-state index in [4.69, 9.17) is 12.3 Å². The fourth-order valence-corrected chi connectivity index (χ4v) is 12.6. The molecule has 0 bridgehead atoms. The molecule has 6 heterocycles. The third-order valence-corrected chi connectivity index (χ3v) is 18.6. The number of aromatic nitrogens is 6. The lowest BCUT2D eigenvalue weighted by atomic mass is 10.0. The third-order valence-electron chi connectivity index (χ3n) is 18.6. The first-order valence-electron chi connectivity index (χ1n) is 39.6. The van der Waals surface area contributed by atoms with Gasteiger partial charge in [0.15, 0.2) is 37.2 Å². The first-order valence-corrected chi connectivity index (χ1v) is 35.1. The molecule has 100 heavy (non-hydrogen) atoms. The van der Waals surface area contributed by atoms with Crippen molar-refractivity contribution in [3.8, 4) is 67.5 Å². The molecule has 0 spiro atoms. The molecule has 0 unspecified atom stereocenters. The second-order valence-electron chi connectivity index (χ2n) is 26.2. The van der Waals surface area contributed by atoms with Crippen LogP contribution in [-0.2, 0) is 80.7 Å². The highest BCUT2D eigenvalue weighted by Gasteiger charge is 2.19. The van der Waals surface area contributed by atoms with E-state index >= 15 is 0 Å². The number of pyridine rings is 6. The molecule has 516 valence electrons. The molecule has 0 N–H and O–H groups in total. The summed E-state index contributed by atoms with van der Waals surface area (Å²) in [7, 11) is 12.2. The van der Waals surface area contributed by atoms with Gasteiger partial charge in [0.2, 0.25) is 34.2 Å². The van der Waals surface area contributed by atoms with Gasteiger partial charge in [0.25, 0.3) is 0 Å². The summed E-state index contributed by atoms with van der Waals surface area (Å²) >= 11 is 0. The minimum atomic E-state index is -2.10. The number of nitrogens with zero attached hydrogens (tertiary/aromatic N) is 6. The van der Waals surface area contributed by atoms with Crippen molar-refractivity contribution in [3.05, 3.63) is 320 Å². The van der Waals surface area contributed by atoms with Gasteiger partial charge >= 0.3 is 0 Å². The zero-order valence-corrected chi connectivity index (χ0v) is 63.7. The Balaban J connectivity index is 0.000000182. The molecular formula is C94H116N6+6. The SMILES string of the molecule is CCc1c[n+](C)c(-c2ccccc2C)cc1C.CCc1ccc(-c2ccc(C)cc2C)[n+](C)c1.CCc1ccc(-c2cccc[n+]2C)c(C)c1.[2H]C([2H])(C)c1c[n+](C)c(-c2ccccc2C)cc1C.[2H]C([2H])(C)c1ccc(-c2cccc[n+]2C)c(C)c1.[2H]C([2H])([2H])c1ccc(-c2ccc(C([2H])([2H])C)c[n+]2C)c(C)c1. The normalized spacial score (nSPS) is 12.4. The molecule has 0 fully saturated rings. The average Bonchev–Trinajstić information content (AvgIpc) is 0.810. The van der Waals surface area contributed by atoms with Crippen LogP contribution in [0.1, 0.15) is 143 Å². The van der Waals surface area contributed by atoms with Crippen LogP contribution in [0.5, 0.6) is 0 Å². The van der Waals surface area contributed by atoms with Crippen LogP contribution < -0.4 is 27.4 Å². The molecule has 12 aromatic rings. The van der Waals surface area contributed by atoms with Crippen LogP contribution in [0.4, 0.5) is 0 Å². The molecule has 0 saturated heterocycles. The van der Waals surface area contributed by atoms with Gasteiger partial charge in [-0.2, -0.15) is 0 Å². The van der Waals surface area contributed by atoms with E-state index in [1.807, 2.05) is 118 Å². The lowest BCUT2D eigenvalue weighted by Crippen LogP contribution is -2.32. The minimum Gasteiger partial charge on any atom is -0.201 e. The van der Waals surface area contributed by atoms with Crippen molar-refractivity contribution in [2.24, 2.45) is 42.3 Å². The van der Waals surface area contributed by atoms with Gasteiger partial charge in [-0.25, -0.2) is 27.4 Å². The molecule has 6 heteroatoms. The van der Waals surface area contributed by atoms with Crippen molar-refractivity contribution in [3.63, 3.8) is 0 Å².